The van der Waals surface area contributed by atoms with Crippen LogP contribution in [0.5, 0.6) is 0 Å². The van der Waals surface area contributed by atoms with Crippen LogP contribution in [-0.2, 0) is 11.2 Å². The summed E-state index contributed by atoms with van der Waals surface area (Å²) in [6, 6.07) is 10.9. The molecular formula is C20H25N3O. The van der Waals surface area contributed by atoms with Crippen LogP contribution in [-0.4, -0.2) is 29.4 Å². The number of para-hydroxylation sites is 1. The molecule has 0 bridgehead atoms. The molecular weight excluding hydrogens is 298 g/mol. The predicted octanol–water partition coefficient (Wildman–Crippen LogP) is 3.64. The lowest BCUT2D eigenvalue weighted by atomic mass is 9.97. The van der Waals surface area contributed by atoms with Gasteiger partial charge in [0, 0.05) is 30.5 Å². The van der Waals surface area contributed by atoms with Gasteiger partial charge < -0.3 is 9.80 Å². The van der Waals surface area contributed by atoms with Gasteiger partial charge >= 0.3 is 0 Å². The van der Waals surface area contributed by atoms with Crippen molar-refractivity contribution < 1.29 is 4.79 Å². The first-order chi connectivity index (χ1) is 11.6. The van der Waals surface area contributed by atoms with Crippen LogP contribution in [0.4, 0.5) is 5.69 Å². The van der Waals surface area contributed by atoms with E-state index in [0.29, 0.717) is 18.6 Å². The molecule has 126 valence electrons. The van der Waals surface area contributed by atoms with Crippen LogP contribution in [0.2, 0.25) is 0 Å². The van der Waals surface area contributed by atoms with Gasteiger partial charge in [-0.1, -0.05) is 18.2 Å². The molecule has 1 aromatic carbocycles. The van der Waals surface area contributed by atoms with E-state index in [2.05, 4.69) is 30.9 Å². The van der Waals surface area contributed by atoms with Gasteiger partial charge in [0.15, 0.2) is 0 Å². The van der Waals surface area contributed by atoms with Crippen LogP contribution in [0.15, 0.2) is 36.0 Å². The van der Waals surface area contributed by atoms with Crippen molar-refractivity contribution in [2.24, 2.45) is 0 Å². The Hall–Kier alpha value is -2.28. The molecule has 2 unspecified atom stereocenters. The SMILES string of the molecule is CC1CCCC(C)N1/C=C(/C#N)C(=O)N1CCCc2ccccc21. The zero-order chi connectivity index (χ0) is 17.1. The van der Waals surface area contributed by atoms with E-state index >= 15 is 0 Å². The van der Waals surface area contributed by atoms with E-state index in [-0.39, 0.29) is 11.5 Å². The van der Waals surface area contributed by atoms with Crippen molar-refractivity contribution >= 4 is 11.6 Å². The molecule has 0 aliphatic carbocycles. The third-order valence-electron chi connectivity index (χ3n) is 5.25. The van der Waals surface area contributed by atoms with Crippen LogP contribution in [0.3, 0.4) is 0 Å². The van der Waals surface area contributed by atoms with E-state index in [9.17, 15) is 10.1 Å². The number of aryl methyl sites for hydroxylation is 1. The smallest absolute Gasteiger partial charge is 0.270 e. The minimum absolute atomic E-state index is 0.172. The summed E-state index contributed by atoms with van der Waals surface area (Å²) >= 11 is 0. The van der Waals surface area contributed by atoms with Crippen molar-refractivity contribution in [1.82, 2.24) is 4.90 Å². The fraction of sp³-hybridized carbons (Fsp3) is 0.500. The molecule has 0 N–H and O–H groups in total. The van der Waals surface area contributed by atoms with Crippen molar-refractivity contribution in [2.45, 2.75) is 58.0 Å². The number of piperidine rings is 1. The molecule has 1 aromatic rings. The Kier molecular flexibility index (Phi) is 4.89. The molecule has 3 rings (SSSR count). The van der Waals surface area contributed by atoms with Crippen LogP contribution >= 0.6 is 0 Å². The molecule has 0 saturated carbocycles. The summed E-state index contributed by atoms with van der Waals surface area (Å²) < 4.78 is 0. The van der Waals surface area contributed by atoms with Crippen LogP contribution in [0.25, 0.3) is 0 Å². The standard InChI is InChI=1S/C20H25N3O/c1-15-7-5-8-16(2)23(15)14-18(13-21)20(24)22-12-6-10-17-9-3-4-11-19(17)22/h3-4,9,11,14-16H,5-8,10,12H2,1-2H3/b18-14-. The Bertz CT molecular complexity index is 678. The minimum atomic E-state index is -0.172. The van der Waals surface area contributed by atoms with Gasteiger partial charge in [0.2, 0.25) is 0 Å². The minimum Gasteiger partial charge on any atom is -0.371 e. The molecule has 2 atom stereocenters. The van der Waals surface area contributed by atoms with E-state index in [1.54, 1.807) is 11.1 Å². The van der Waals surface area contributed by atoms with Crippen LogP contribution in [0.1, 0.15) is 45.1 Å². The number of nitrogens with zero attached hydrogens (tertiary/aromatic N) is 3. The summed E-state index contributed by atoms with van der Waals surface area (Å²) in [5, 5.41) is 9.59. The highest BCUT2D eigenvalue weighted by atomic mass is 16.2. The summed E-state index contributed by atoms with van der Waals surface area (Å²) in [5.74, 6) is -0.172. The number of benzene rings is 1. The molecule has 4 heteroatoms. The highest BCUT2D eigenvalue weighted by molar-refractivity contribution is 6.08. The lowest BCUT2D eigenvalue weighted by Gasteiger charge is -2.38. The largest absolute Gasteiger partial charge is 0.371 e. The van der Waals surface area contributed by atoms with Gasteiger partial charge in [-0.3, -0.25) is 4.79 Å². The zero-order valence-electron chi connectivity index (χ0n) is 14.5. The number of likely N-dealkylation sites (tertiary alicyclic amines) is 1. The summed E-state index contributed by atoms with van der Waals surface area (Å²) in [6.07, 6.45) is 7.17. The van der Waals surface area contributed by atoms with Crippen LogP contribution in [0, 0.1) is 11.3 Å². The van der Waals surface area contributed by atoms with Gasteiger partial charge in [-0.15, -0.1) is 0 Å². The molecule has 0 radical (unpaired) electrons. The Morgan fingerprint density at radius 2 is 1.92 bits per heavy atom. The Balaban J connectivity index is 1.88. The van der Waals surface area contributed by atoms with Crippen molar-refractivity contribution in [2.75, 3.05) is 11.4 Å². The quantitative estimate of drug-likeness (QED) is 0.617. The maximum atomic E-state index is 13.0. The zero-order valence-corrected chi connectivity index (χ0v) is 14.5. The number of hydrogen-bond donors (Lipinski definition) is 0. The van der Waals surface area contributed by atoms with Crippen LogP contribution < -0.4 is 4.90 Å². The van der Waals surface area contributed by atoms with E-state index in [1.165, 1.54) is 12.0 Å². The van der Waals surface area contributed by atoms with Crippen molar-refractivity contribution in [1.29, 1.82) is 5.26 Å². The van der Waals surface area contributed by atoms with Gasteiger partial charge in [-0.2, -0.15) is 5.26 Å². The third-order valence-corrected chi connectivity index (χ3v) is 5.25. The average molecular weight is 323 g/mol. The first kappa shape index (κ1) is 16.6. The van der Waals surface area contributed by atoms with E-state index in [4.69, 9.17) is 0 Å². The highest BCUT2D eigenvalue weighted by Gasteiger charge is 2.28. The van der Waals surface area contributed by atoms with Crippen molar-refractivity contribution in [3.8, 4) is 6.07 Å². The lowest BCUT2D eigenvalue weighted by molar-refractivity contribution is -0.115. The molecule has 24 heavy (non-hydrogen) atoms. The molecule has 0 spiro atoms. The molecule has 1 amide bonds. The van der Waals surface area contributed by atoms with E-state index in [0.717, 1.165) is 31.4 Å². The second-order valence-corrected chi connectivity index (χ2v) is 6.92. The molecule has 4 nitrogen and oxygen atoms in total. The fourth-order valence-electron chi connectivity index (χ4n) is 3.87. The molecule has 2 aliphatic heterocycles. The number of amides is 1. The van der Waals surface area contributed by atoms with Crippen molar-refractivity contribution in [3.63, 3.8) is 0 Å². The topological polar surface area (TPSA) is 47.3 Å². The predicted molar refractivity (Wildman–Crippen MR) is 95.4 cm³/mol. The van der Waals surface area contributed by atoms with E-state index in [1.807, 2.05) is 18.2 Å². The number of carbonyl (C=O) groups excluding carboxylic acids is 1. The lowest BCUT2D eigenvalue weighted by Crippen LogP contribution is -2.41. The summed E-state index contributed by atoms with van der Waals surface area (Å²) in [6.45, 7) is 5.02. The van der Waals surface area contributed by atoms with Gasteiger partial charge in [-0.25, -0.2) is 0 Å². The number of hydrogen-bond acceptors (Lipinski definition) is 3. The van der Waals surface area contributed by atoms with Gasteiger partial charge in [0.1, 0.15) is 11.6 Å². The normalized spacial score (nSPS) is 24.3. The number of anilines is 1. The molecule has 2 aliphatic rings. The monoisotopic (exact) mass is 323 g/mol. The number of nitriles is 1. The maximum absolute atomic E-state index is 13.0. The van der Waals surface area contributed by atoms with Gasteiger partial charge in [-0.05, 0) is 57.6 Å². The summed E-state index contributed by atoms with van der Waals surface area (Å²) in [4.78, 5) is 16.9. The maximum Gasteiger partial charge on any atom is 0.270 e. The first-order valence-electron chi connectivity index (χ1n) is 8.91. The second kappa shape index (κ2) is 7.09. The number of carbonyl (C=O) groups is 1. The molecule has 0 aromatic heterocycles. The number of fused-ring (bicyclic) bond motifs is 1. The second-order valence-electron chi connectivity index (χ2n) is 6.92. The summed E-state index contributed by atoms with van der Waals surface area (Å²) in [7, 11) is 0. The Morgan fingerprint density at radius 1 is 1.21 bits per heavy atom. The molecule has 1 saturated heterocycles. The summed E-state index contributed by atoms with van der Waals surface area (Å²) in [5.41, 5.74) is 2.39. The average Bonchev–Trinajstić information content (AvgIpc) is 2.60. The Morgan fingerprint density at radius 3 is 2.62 bits per heavy atom. The van der Waals surface area contributed by atoms with Gasteiger partial charge in [0.05, 0.1) is 0 Å². The highest BCUT2D eigenvalue weighted by Crippen LogP contribution is 2.29. The molecule has 2 heterocycles. The Labute approximate surface area is 144 Å². The van der Waals surface area contributed by atoms with Gasteiger partial charge in [0.25, 0.3) is 5.91 Å². The van der Waals surface area contributed by atoms with E-state index < -0.39 is 0 Å². The van der Waals surface area contributed by atoms with Crippen molar-refractivity contribution in [3.05, 3.63) is 41.6 Å². The molecule has 1 fully saturated rings. The third kappa shape index (κ3) is 3.17. The fourth-order valence-corrected chi connectivity index (χ4v) is 3.87. The number of rotatable bonds is 2. The first-order valence-corrected chi connectivity index (χ1v) is 8.91.